The molecule has 0 bridgehead atoms. The summed E-state index contributed by atoms with van der Waals surface area (Å²) in [5.74, 6) is -0.275. The van der Waals surface area contributed by atoms with Crippen LogP contribution in [0.5, 0.6) is 11.5 Å². The number of nitrogens with one attached hydrogen (secondary N) is 1. The Morgan fingerprint density at radius 3 is 2.65 bits per heavy atom. The van der Waals surface area contributed by atoms with E-state index < -0.39 is 15.7 Å². The zero-order valence-electron chi connectivity index (χ0n) is 18.1. The van der Waals surface area contributed by atoms with E-state index in [4.69, 9.17) is 21.1 Å². The fourth-order valence-electron chi connectivity index (χ4n) is 2.68. The number of nitriles is 1. The number of sulfone groups is 1. The number of aromatic nitrogens is 2. The average Bonchev–Trinajstić information content (AvgIpc) is 3.31. The summed E-state index contributed by atoms with van der Waals surface area (Å²) in [6.07, 6.45) is 1.31. The molecule has 1 aromatic heterocycles. The van der Waals surface area contributed by atoms with E-state index in [2.05, 4.69) is 15.5 Å². The van der Waals surface area contributed by atoms with Gasteiger partial charge in [0.2, 0.25) is 19.3 Å². The Morgan fingerprint density at radius 1 is 1.26 bits per heavy atom. The van der Waals surface area contributed by atoms with E-state index in [-0.39, 0.29) is 32.4 Å². The summed E-state index contributed by atoms with van der Waals surface area (Å²) in [5, 5.41) is 19.3. The first-order valence-electron chi connectivity index (χ1n) is 9.81. The minimum absolute atomic E-state index is 0.0431. The first kappa shape index (κ1) is 25.2. The molecule has 3 rings (SSSR count). The lowest BCUT2D eigenvalue weighted by molar-refractivity contribution is -0.112. The Kier molecular flexibility index (Phi) is 8.22. The van der Waals surface area contributed by atoms with Crippen LogP contribution in [0.3, 0.4) is 0 Å². The second-order valence-corrected chi connectivity index (χ2v) is 10.5. The number of amides is 1. The van der Waals surface area contributed by atoms with Crippen LogP contribution in [0.15, 0.2) is 52.4 Å². The first-order valence-corrected chi connectivity index (χ1v) is 12.7. The molecular formula is C22H19ClN4O5S2. The zero-order chi connectivity index (χ0) is 24.7. The third-order valence-electron chi connectivity index (χ3n) is 4.43. The van der Waals surface area contributed by atoms with E-state index in [1.165, 1.54) is 26.2 Å². The summed E-state index contributed by atoms with van der Waals surface area (Å²) in [6, 6.07) is 14.4. The number of carbonyl (C=O) groups is 1. The monoisotopic (exact) mass is 518 g/mol. The number of ether oxygens (including phenoxy) is 2. The van der Waals surface area contributed by atoms with Crippen LogP contribution < -0.4 is 14.8 Å². The van der Waals surface area contributed by atoms with E-state index in [9.17, 15) is 18.5 Å². The van der Waals surface area contributed by atoms with Crippen LogP contribution in [0.2, 0.25) is 5.02 Å². The number of hydrogen-bond acceptors (Lipinski definition) is 9. The van der Waals surface area contributed by atoms with Gasteiger partial charge in [-0.2, -0.15) is 5.26 Å². The van der Waals surface area contributed by atoms with Gasteiger partial charge in [0.15, 0.2) is 11.5 Å². The summed E-state index contributed by atoms with van der Waals surface area (Å²) in [6.45, 7) is 1.75. The number of carbonyl (C=O) groups excluding carboxylic acids is 1. The molecule has 2 aromatic carbocycles. The number of rotatable bonds is 9. The number of benzene rings is 2. The normalized spacial score (nSPS) is 11.5. The molecule has 0 atom stereocenters. The molecule has 1 amide bonds. The van der Waals surface area contributed by atoms with Gasteiger partial charge in [-0.05, 0) is 29.3 Å². The molecule has 34 heavy (non-hydrogen) atoms. The van der Waals surface area contributed by atoms with Crippen LogP contribution in [0.4, 0.5) is 5.13 Å². The number of methoxy groups -OCH3 is 1. The van der Waals surface area contributed by atoms with Crippen LogP contribution in [0.25, 0.3) is 6.08 Å². The van der Waals surface area contributed by atoms with Gasteiger partial charge in [0.25, 0.3) is 5.91 Å². The van der Waals surface area contributed by atoms with Gasteiger partial charge >= 0.3 is 0 Å². The first-order chi connectivity index (χ1) is 16.3. The lowest BCUT2D eigenvalue weighted by atomic mass is 10.1. The number of halogens is 1. The minimum Gasteiger partial charge on any atom is -0.493 e. The van der Waals surface area contributed by atoms with E-state index in [0.717, 1.165) is 5.56 Å². The predicted molar refractivity (Wildman–Crippen MR) is 129 cm³/mol. The molecular weight excluding hydrogens is 500 g/mol. The third kappa shape index (κ3) is 6.11. The van der Waals surface area contributed by atoms with E-state index in [0.29, 0.717) is 28.4 Å². The van der Waals surface area contributed by atoms with E-state index >= 15 is 0 Å². The van der Waals surface area contributed by atoms with Crippen LogP contribution >= 0.6 is 22.9 Å². The summed E-state index contributed by atoms with van der Waals surface area (Å²) < 4.78 is 34.7. The highest BCUT2D eigenvalue weighted by atomic mass is 35.5. The second-order valence-electron chi connectivity index (χ2n) is 6.71. The van der Waals surface area contributed by atoms with E-state index in [1.807, 2.05) is 36.4 Å². The predicted octanol–water partition coefficient (Wildman–Crippen LogP) is 4.12. The fraction of sp³-hybridized carbons (Fsp3) is 0.182. The Hall–Kier alpha value is -3.46. The molecule has 176 valence electrons. The number of hydrogen-bond donors (Lipinski definition) is 1. The Balaban J connectivity index is 1.80. The van der Waals surface area contributed by atoms with Crippen LogP contribution in [0.1, 0.15) is 18.1 Å². The van der Waals surface area contributed by atoms with Crippen molar-refractivity contribution in [3.05, 3.63) is 64.2 Å². The maximum absolute atomic E-state index is 12.5. The van der Waals surface area contributed by atoms with Crippen molar-refractivity contribution in [3.63, 3.8) is 0 Å². The van der Waals surface area contributed by atoms with Crippen LogP contribution in [-0.2, 0) is 21.2 Å². The maximum Gasteiger partial charge on any atom is 0.268 e. The Labute approximate surface area is 205 Å². The second kappa shape index (κ2) is 11.1. The molecule has 0 unspecified atom stereocenters. The molecule has 12 heteroatoms. The molecule has 0 radical (unpaired) electrons. The van der Waals surface area contributed by atoms with Crippen molar-refractivity contribution in [2.75, 3.05) is 18.2 Å². The largest absolute Gasteiger partial charge is 0.493 e. The summed E-state index contributed by atoms with van der Waals surface area (Å²) >= 11 is 7.09. The van der Waals surface area contributed by atoms with Gasteiger partial charge in [0, 0.05) is 0 Å². The molecule has 0 aliphatic rings. The lowest BCUT2D eigenvalue weighted by Crippen LogP contribution is -2.13. The van der Waals surface area contributed by atoms with Gasteiger partial charge in [0.05, 0.1) is 17.9 Å². The van der Waals surface area contributed by atoms with Gasteiger partial charge in [-0.3, -0.25) is 10.1 Å². The zero-order valence-corrected chi connectivity index (χ0v) is 20.5. The smallest absolute Gasteiger partial charge is 0.268 e. The molecule has 3 aromatic rings. The fourth-order valence-corrected chi connectivity index (χ4v) is 4.94. The lowest BCUT2D eigenvalue weighted by Gasteiger charge is -2.13. The summed E-state index contributed by atoms with van der Waals surface area (Å²) in [4.78, 5) is 12.5. The van der Waals surface area contributed by atoms with Gasteiger partial charge in [-0.15, -0.1) is 10.2 Å². The van der Waals surface area contributed by atoms with Crippen molar-refractivity contribution in [1.82, 2.24) is 10.2 Å². The van der Waals surface area contributed by atoms with Crippen molar-refractivity contribution in [2.24, 2.45) is 0 Å². The topological polar surface area (TPSA) is 131 Å². The maximum atomic E-state index is 12.5. The van der Waals surface area contributed by atoms with Gasteiger partial charge < -0.3 is 9.47 Å². The number of nitrogens with zero attached hydrogens (tertiary/aromatic N) is 3. The third-order valence-corrected chi connectivity index (χ3v) is 7.73. The SMILES string of the molecule is CCS(=O)(=O)c1nnc(NC(=O)C(C#N)=Cc2cc(Cl)c(OCc3ccccc3)c(OC)c2)s1. The van der Waals surface area contributed by atoms with Crippen molar-refractivity contribution < 1.29 is 22.7 Å². The van der Waals surface area contributed by atoms with Crippen molar-refractivity contribution in [2.45, 2.75) is 17.9 Å². The summed E-state index contributed by atoms with van der Waals surface area (Å²) in [7, 11) is -2.10. The highest BCUT2D eigenvalue weighted by molar-refractivity contribution is 7.93. The van der Waals surface area contributed by atoms with Gasteiger partial charge in [-0.1, -0.05) is 60.2 Å². The molecule has 0 saturated heterocycles. The van der Waals surface area contributed by atoms with Gasteiger partial charge in [-0.25, -0.2) is 8.42 Å². The Bertz CT molecular complexity index is 1370. The molecule has 0 fully saturated rings. The molecule has 0 saturated carbocycles. The minimum atomic E-state index is -3.55. The van der Waals surface area contributed by atoms with Crippen molar-refractivity contribution in [3.8, 4) is 17.6 Å². The quantitative estimate of drug-likeness (QED) is 0.254. The van der Waals surface area contributed by atoms with E-state index in [1.54, 1.807) is 6.07 Å². The molecule has 1 N–H and O–H groups in total. The Morgan fingerprint density at radius 2 is 2.00 bits per heavy atom. The molecule has 9 nitrogen and oxygen atoms in total. The molecule has 0 spiro atoms. The van der Waals surface area contributed by atoms with Crippen LogP contribution in [0, 0.1) is 11.3 Å². The number of anilines is 1. The molecule has 0 aliphatic heterocycles. The van der Waals surface area contributed by atoms with Crippen molar-refractivity contribution in [1.29, 1.82) is 5.26 Å². The highest BCUT2D eigenvalue weighted by Crippen LogP contribution is 2.37. The van der Waals surface area contributed by atoms with Crippen LogP contribution in [-0.4, -0.2) is 37.4 Å². The molecule has 1 heterocycles. The average molecular weight is 519 g/mol. The van der Waals surface area contributed by atoms with Gasteiger partial charge in [0.1, 0.15) is 18.2 Å². The van der Waals surface area contributed by atoms with Crippen molar-refractivity contribution >= 4 is 49.9 Å². The highest BCUT2D eigenvalue weighted by Gasteiger charge is 2.20. The molecule has 0 aliphatic carbocycles. The standard InChI is InChI=1S/C22H19ClN4O5S2/c1-3-34(29,30)22-27-26-21(33-22)25-20(28)16(12-24)9-15-10-17(23)19(18(11-15)31-2)32-13-14-7-5-4-6-8-14/h4-11H,3,13H2,1-2H3,(H,25,26,28). The summed E-state index contributed by atoms with van der Waals surface area (Å²) in [5.41, 5.74) is 1.11.